The second-order valence-corrected chi connectivity index (χ2v) is 8.00. The monoisotopic (exact) mass is 386 g/mol. The number of hydrogen-bond acceptors (Lipinski definition) is 2. The highest BCUT2D eigenvalue weighted by Gasteiger charge is 2.11. The predicted octanol–water partition coefficient (Wildman–Crippen LogP) is 6.35. The van der Waals surface area contributed by atoms with Gasteiger partial charge < -0.3 is 5.11 Å². The molecule has 0 aliphatic carbocycles. The van der Waals surface area contributed by atoms with Crippen LogP contribution in [0.2, 0.25) is 0 Å². The number of nitrogens with zero attached hydrogens (tertiary/aromatic N) is 3. The normalized spacial score (nSPS) is 11.2. The van der Waals surface area contributed by atoms with E-state index in [1.165, 1.54) is 89.9 Å². The molecule has 2 heterocycles. The van der Waals surface area contributed by atoms with Crippen LogP contribution in [0.5, 0.6) is 5.75 Å². The minimum absolute atomic E-state index is 0.210. The van der Waals surface area contributed by atoms with E-state index in [4.69, 9.17) is 0 Å². The van der Waals surface area contributed by atoms with Crippen molar-refractivity contribution in [2.75, 3.05) is 0 Å². The van der Waals surface area contributed by atoms with E-state index in [1.54, 1.807) is 18.3 Å². The van der Waals surface area contributed by atoms with Crippen molar-refractivity contribution in [3.8, 4) is 11.6 Å². The lowest BCUT2D eigenvalue weighted by atomic mass is 10.0. The fraction of sp³-hybridized carbons (Fsp3) is 0.667. The lowest BCUT2D eigenvalue weighted by Crippen LogP contribution is -2.30. The largest absolute Gasteiger partial charge is 0.503 e. The second-order valence-electron chi connectivity index (χ2n) is 8.00. The van der Waals surface area contributed by atoms with E-state index in [-0.39, 0.29) is 5.75 Å². The molecule has 4 nitrogen and oxygen atoms in total. The molecule has 0 unspecified atom stereocenters. The van der Waals surface area contributed by atoms with Gasteiger partial charge >= 0.3 is 0 Å². The number of aromatic nitrogens is 3. The van der Waals surface area contributed by atoms with Gasteiger partial charge in [-0.15, -0.1) is 0 Å². The Morgan fingerprint density at radius 3 is 2.00 bits per heavy atom. The molecule has 1 N–H and O–H groups in total. The molecule has 0 radical (unpaired) electrons. The smallest absolute Gasteiger partial charge is 0.268 e. The van der Waals surface area contributed by atoms with Gasteiger partial charge in [-0.3, -0.25) is 0 Å². The van der Waals surface area contributed by atoms with Crippen molar-refractivity contribution in [3.05, 3.63) is 37.1 Å². The maximum Gasteiger partial charge on any atom is 0.268 e. The summed E-state index contributed by atoms with van der Waals surface area (Å²) in [4.78, 5) is 4.23. The minimum Gasteiger partial charge on any atom is -0.503 e. The van der Waals surface area contributed by atoms with Gasteiger partial charge in [0.1, 0.15) is 12.4 Å². The third-order valence-corrected chi connectivity index (χ3v) is 5.47. The van der Waals surface area contributed by atoms with Crippen molar-refractivity contribution in [2.45, 2.75) is 103 Å². The summed E-state index contributed by atoms with van der Waals surface area (Å²) in [5.74, 6) is 0.795. The average molecular weight is 387 g/mol. The minimum atomic E-state index is 0.210. The van der Waals surface area contributed by atoms with Gasteiger partial charge in [-0.2, -0.15) is 4.57 Å². The first-order valence-corrected chi connectivity index (χ1v) is 11.5. The molecule has 0 saturated carbocycles. The molecule has 2 aromatic rings. The van der Waals surface area contributed by atoms with E-state index in [0.29, 0.717) is 5.82 Å². The Kier molecular flexibility index (Phi) is 11.4. The number of aromatic hydroxyl groups is 1. The average Bonchev–Trinajstić information content (AvgIpc) is 3.17. The molecule has 4 heteroatoms. The maximum atomic E-state index is 9.89. The summed E-state index contributed by atoms with van der Waals surface area (Å²) in [6.07, 6.45) is 27.1. The lowest BCUT2D eigenvalue weighted by Gasteiger charge is -2.03. The molecule has 0 spiro atoms. The van der Waals surface area contributed by atoms with Gasteiger partial charge in [0.15, 0.2) is 5.75 Å². The maximum absolute atomic E-state index is 9.89. The van der Waals surface area contributed by atoms with Gasteiger partial charge in [0.2, 0.25) is 6.33 Å². The standard InChI is InChI=1S/C24H39N3O/c1-2-3-4-5-6-7-8-9-10-11-12-13-14-15-19-26-20-21-27(22-26)24-23(28)17-16-18-25-24/h16-18,20-22H,2-15,19H2,1H3/p+1. The third kappa shape index (κ3) is 8.90. The SMILES string of the molecule is CCCCCCCCCCCCCCCC[n+]1ccn(-c2ncccc2O)c1. The molecule has 0 aromatic carbocycles. The highest BCUT2D eigenvalue weighted by atomic mass is 16.3. The molecule has 156 valence electrons. The molecule has 0 saturated heterocycles. The van der Waals surface area contributed by atoms with Crippen LogP contribution in [0.15, 0.2) is 37.1 Å². The number of pyridine rings is 1. The fourth-order valence-corrected chi connectivity index (χ4v) is 3.73. The Balaban J connectivity index is 1.44. The van der Waals surface area contributed by atoms with Gasteiger partial charge in [0.05, 0.1) is 6.54 Å². The molecule has 28 heavy (non-hydrogen) atoms. The topological polar surface area (TPSA) is 41.9 Å². The zero-order valence-corrected chi connectivity index (χ0v) is 17.9. The summed E-state index contributed by atoms with van der Waals surface area (Å²) in [7, 11) is 0. The summed E-state index contributed by atoms with van der Waals surface area (Å²) >= 11 is 0. The van der Waals surface area contributed by atoms with E-state index < -0.39 is 0 Å². The molecule has 0 atom stereocenters. The van der Waals surface area contributed by atoms with Crippen LogP contribution in [0.3, 0.4) is 0 Å². The van der Waals surface area contributed by atoms with Crippen LogP contribution in [0.1, 0.15) is 96.8 Å². The van der Waals surface area contributed by atoms with Crippen LogP contribution in [0, 0.1) is 0 Å². The molecule has 0 bridgehead atoms. The Labute approximate surface area is 171 Å². The molecular weight excluding hydrogens is 346 g/mol. The van der Waals surface area contributed by atoms with Gasteiger partial charge in [0.25, 0.3) is 5.82 Å². The lowest BCUT2D eigenvalue weighted by molar-refractivity contribution is -0.696. The first-order chi connectivity index (χ1) is 13.8. The Morgan fingerprint density at radius 1 is 0.857 bits per heavy atom. The summed E-state index contributed by atoms with van der Waals surface area (Å²) in [6, 6.07) is 3.41. The summed E-state index contributed by atoms with van der Waals surface area (Å²) < 4.78 is 4.05. The number of unbranched alkanes of at least 4 members (excludes halogenated alkanes) is 13. The Bertz CT molecular complexity index is 638. The Morgan fingerprint density at radius 2 is 1.43 bits per heavy atom. The quantitative estimate of drug-likeness (QED) is 0.270. The van der Waals surface area contributed by atoms with Gasteiger partial charge in [-0.25, -0.2) is 9.55 Å². The van der Waals surface area contributed by atoms with E-state index in [9.17, 15) is 5.11 Å². The molecule has 0 aliphatic heterocycles. The van der Waals surface area contributed by atoms with Crippen molar-refractivity contribution in [1.29, 1.82) is 0 Å². The van der Waals surface area contributed by atoms with Gasteiger partial charge in [0, 0.05) is 6.20 Å². The highest BCUT2D eigenvalue weighted by Crippen LogP contribution is 2.16. The van der Waals surface area contributed by atoms with E-state index in [0.717, 1.165) is 6.54 Å². The van der Waals surface area contributed by atoms with E-state index in [1.807, 2.05) is 17.1 Å². The first kappa shape index (κ1) is 22.4. The predicted molar refractivity (Wildman–Crippen MR) is 116 cm³/mol. The fourth-order valence-electron chi connectivity index (χ4n) is 3.73. The Hall–Kier alpha value is -1.84. The molecule has 0 fully saturated rings. The molecule has 2 rings (SSSR count). The second kappa shape index (κ2) is 14.2. The van der Waals surface area contributed by atoms with Crippen LogP contribution in [-0.4, -0.2) is 14.7 Å². The van der Waals surface area contributed by atoms with Crippen molar-refractivity contribution in [3.63, 3.8) is 0 Å². The van der Waals surface area contributed by atoms with Gasteiger partial charge in [-0.05, 0) is 25.0 Å². The summed E-state index contributed by atoms with van der Waals surface area (Å²) in [6.45, 7) is 3.31. The van der Waals surface area contributed by atoms with E-state index in [2.05, 4.69) is 22.7 Å². The van der Waals surface area contributed by atoms with Crippen molar-refractivity contribution < 1.29 is 9.67 Å². The molecular formula is C24H40N3O+. The number of imidazole rings is 1. The third-order valence-electron chi connectivity index (χ3n) is 5.47. The number of hydrogen-bond donors (Lipinski definition) is 1. The first-order valence-electron chi connectivity index (χ1n) is 11.5. The summed E-state index contributed by atoms with van der Waals surface area (Å²) in [5, 5.41) is 9.89. The molecule has 0 amide bonds. The zero-order chi connectivity index (χ0) is 19.9. The number of aryl methyl sites for hydroxylation is 1. The zero-order valence-electron chi connectivity index (χ0n) is 17.9. The van der Waals surface area contributed by atoms with Crippen molar-refractivity contribution in [2.24, 2.45) is 0 Å². The van der Waals surface area contributed by atoms with Crippen LogP contribution in [-0.2, 0) is 6.54 Å². The molecule has 2 aromatic heterocycles. The van der Waals surface area contributed by atoms with Crippen molar-refractivity contribution in [1.82, 2.24) is 9.55 Å². The van der Waals surface area contributed by atoms with Crippen LogP contribution < -0.4 is 4.57 Å². The van der Waals surface area contributed by atoms with Crippen molar-refractivity contribution >= 4 is 0 Å². The van der Waals surface area contributed by atoms with Gasteiger partial charge in [-0.1, -0.05) is 84.0 Å². The van der Waals surface area contributed by atoms with Crippen LogP contribution in [0.25, 0.3) is 5.82 Å². The number of rotatable bonds is 16. The van der Waals surface area contributed by atoms with Crippen LogP contribution in [0.4, 0.5) is 0 Å². The van der Waals surface area contributed by atoms with E-state index >= 15 is 0 Å². The summed E-state index contributed by atoms with van der Waals surface area (Å²) in [5.41, 5.74) is 0. The molecule has 0 aliphatic rings. The highest BCUT2D eigenvalue weighted by molar-refractivity contribution is 5.37. The van der Waals surface area contributed by atoms with Crippen LogP contribution >= 0.6 is 0 Å².